The lowest BCUT2D eigenvalue weighted by molar-refractivity contribution is 0.408. The highest BCUT2D eigenvalue weighted by Crippen LogP contribution is 2.29. The molecule has 1 aromatic carbocycles. The predicted molar refractivity (Wildman–Crippen MR) is 86.4 cm³/mol. The van der Waals surface area contributed by atoms with Crippen LogP contribution in [0.2, 0.25) is 0 Å². The number of benzene rings is 1. The van der Waals surface area contributed by atoms with Crippen molar-refractivity contribution in [3.05, 3.63) is 28.7 Å². The summed E-state index contributed by atoms with van der Waals surface area (Å²) >= 11 is 5.49. The van der Waals surface area contributed by atoms with Crippen molar-refractivity contribution in [2.45, 2.75) is 50.3 Å². The highest BCUT2D eigenvalue weighted by atomic mass is 79.9. The molecule has 0 aliphatic rings. The molecule has 0 spiro atoms. The van der Waals surface area contributed by atoms with E-state index in [0.717, 1.165) is 11.0 Å². The molecule has 1 atom stereocenters. The lowest BCUT2D eigenvalue weighted by Crippen LogP contribution is -2.41. The minimum atomic E-state index is 0.185. The van der Waals surface area contributed by atoms with Gasteiger partial charge in [-0.1, -0.05) is 35.8 Å². The van der Waals surface area contributed by atoms with Crippen molar-refractivity contribution in [2.75, 3.05) is 6.54 Å². The van der Waals surface area contributed by atoms with Crippen LogP contribution in [0.25, 0.3) is 0 Å². The number of thioether (sulfide) groups is 1. The van der Waals surface area contributed by atoms with Gasteiger partial charge in [0.05, 0.1) is 0 Å². The van der Waals surface area contributed by atoms with Crippen LogP contribution in [-0.4, -0.2) is 17.3 Å². The summed E-state index contributed by atoms with van der Waals surface area (Å²) in [5.74, 6) is 0.656. The molecule has 0 aliphatic carbocycles. The summed E-state index contributed by atoms with van der Waals surface area (Å²) in [5, 5.41) is 4.20. The Morgan fingerprint density at radius 1 is 1.28 bits per heavy atom. The van der Waals surface area contributed by atoms with Crippen molar-refractivity contribution in [3.63, 3.8) is 0 Å². The van der Waals surface area contributed by atoms with E-state index in [9.17, 15) is 0 Å². The third-order valence-corrected chi connectivity index (χ3v) is 4.69. The van der Waals surface area contributed by atoms with Crippen LogP contribution < -0.4 is 5.32 Å². The van der Waals surface area contributed by atoms with Crippen LogP contribution in [0.1, 0.15) is 34.6 Å². The van der Waals surface area contributed by atoms with Crippen molar-refractivity contribution in [3.8, 4) is 0 Å². The molecule has 3 heteroatoms. The number of hydrogen-bond donors (Lipinski definition) is 1. The lowest BCUT2D eigenvalue weighted by Gasteiger charge is -2.27. The molecular weight excluding hydrogens is 306 g/mol. The Morgan fingerprint density at radius 2 is 1.94 bits per heavy atom. The van der Waals surface area contributed by atoms with Crippen molar-refractivity contribution < 1.29 is 0 Å². The summed E-state index contributed by atoms with van der Waals surface area (Å²) in [6, 6.07) is 8.54. The largest absolute Gasteiger partial charge is 0.311 e. The van der Waals surface area contributed by atoms with Gasteiger partial charge >= 0.3 is 0 Å². The van der Waals surface area contributed by atoms with E-state index in [1.807, 2.05) is 11.8 Å². The van der Waals surface area contributed by atoms with E-state index in [4.69, 9.17) is 0 Å². The highest BCUT2D eigenvalue weighted by molar-refractivity contribution is 9.10. The molecule has 0 aliphatic heterocycles. The molecule has 0 amide bonds. The van der Waals surface area contributed by atoms with E-state index in [0.29, 0.717) is 11.2 Å². The summed E-state index contributed by atoms with van der Waals surface area (Å²) in [7, 11) is 0. The summed E-state index contributed by atoms with van der Waals surface area (Å²) < 4.78 is 1.15. The Balaban J connectivity index is 2.63. The zero-order valence-corrected chi connectivity index (χ0v) is 14.4. The zero-order chi connectivity index (χ0) is 13.8. The van der Waals surface area contributed by atoms with Crippen LogP contribution in [0.4, 0.5) is 0 Å². The Morgan fingerprint density at radius 3 is 2.44 bits per heavy atom. The van der Waals surface area contributed by atoms with Crippen molar-refractivity contribution >= 4 is 27.7 Å². The van der Waals surface area contributed by atoms with Gasteiger partial charge in [-0.05, 0) is 44.9 Å². The molecule has 1 unspecified atom stereocenters. The van der Waals surface area contributed by atoms with Gasteiger partial charge in [0.2, 0.25) is 0 Å². The smallest absolute Gasteiger partial charge is 0.0242 e. The van der Waals surface area contributed by atoms with Gasteiger partial charge in [0, 0.05) is 26.7 Å². The van der Waals surface area contributed by atoms with Crippen LogP contribution in [-0.2, 0) is 0 Å². The van der Waals surface area contributed by atoms with Crippen molar-refractivity contribution in [2.24, 2.45) is 5.92 Å². The first-order chi connectivity index (χ1) is 8.28. The van der Waals surface area contributed by atoms with E-state index in [2.05, 4.69) is 80.1 Å². The van der Waals surface area contributed by atoms with Crippen LogP contribution in [0.15, 0.2) is 33.6 Å². The molecule has 0 fully saturated rings. The van der Waals surface area contributed by atoms with Crippen LogP contribution in [0, 0.1) is 5.92 Å². The summed E-state index contributed by atoms with van der Waals surface area (Å²) in [4.78, 5) is 1.33. The number of halogens is 1. The average Bonchev–Trinajstić information content (AvgIpc) is 2.22. The Bertz CT molecular complexity index is 371. The Hall–Kier alpha value is 0.01000. The van der Waals surface area contributed by atoms with Gasteiger partial charge in [0.25, 0.3) is 0 Å². The van der Waals surface area contributed by atoms with E-state index in [-0.39, 0.29) is 5.54 Å². The van der Waals surface area contributed by atoms with E-state index < -0.39 is 0 Å². The lowest BCUT2D eigenvalue weighted by atomic mass is 10.1. The average molecular weight is 330 g/mol. The fourth-order valence-electron chi connectivity index (χ4n) is 1.54. The number of hydrogen-bond acceptors (Lipinski definition) is 2. The summed E-state index contributed by atoms with van der Waals surface area (Å²) in [5.41, 5.74) is 0.185. The van der Waals surface area contributed by atoms with Gasteiger partial charge in [0.1, 0.15) is 0 Å². The minimum Gasteiger partial charge on any atom is -0.311 e. The molecule has 102 valence electrons. The first-order valence-corrected chi connectivity index (χ1v) is 8.12. The summed E-state index contributed by atoms with van der Waals surface area (Å²) in [6.07, 6.45) is 0. The second-order valence-electron chi connectivity index (χ2n) is 5.99. The minimum absolute atomic E-state index is 0.185. The molecular formula is C15H24BrNS. The number of nitrogens with one attached hydrogen (secondary N) is 1. The van der Waals surface area contributed by atoms with Crippen molar-refractivity contribution in [1.29, 1.82) is 0 Å². The monoisotopic (exact) mass is 329 g/mol. The molecule has 1 aromatic rings. The maximum Gasteiger partial charge on any atom is 0.0242 e. The van der Waals surface area contributed by atoms with Crippen LogP contribution in [0.3, 0.4) is 0 Å². The molecule has 1 rings (SSSR count). The van der Waals surface area contributed by atoms with E-state index in [1.165, 1.54) is 4.90 Å². The summed E-state index contributed by atoms with van der Waals surface area (Å²) in [6.45, 7) is 12.3. The number of rotatable bonds is 5. The maximum absolute atomic E-state index is 3.61. The molecule has 1 N–H and O–H groups in total. The second-order valence-corrected chi connectivity index (χ2v) is 8.22. The van der Waals surface area contributed by atoms with Gasteiger partial charge in [-0.25, -0.2) is 0 Å². The highest BCUT2D eigenvalue weighted by Gasteiger charge is 2.18. The third-order valence-electron chi connectivity index (χ3n) is 2.66. The van der Waals surface area contributed by atoms with Crippen LogP contribution in [0.5, 0.6) is 0 Å². The second kappa shape index (κ2) is 6.97. The first-order valence-electron chi connectivity index (χ1n) is 6.45. The normalized spacial score (nSPS) is 13.9. The third kappa shape index (κ3) is 6.26. The SMILES string of the molecule is CC(C)C(CNC(C)(C)C)Sc1cccc(Br)c1. The van der Waals surface area contributed by atoms with Gasteiger partial charge in [-0.3, -0.25) is 0 Å². The maximum atomic E-state index is 3.61. The quantitative estimate of drug-likeness (QED) is 0.766. The molecule has 18 heavy (non-hydrogen) atoms. The van der Waals surface area contributed by atoms with Crippen molar-refractivity contribution in [1.82, 2.24) is 5.32 Å². The molecule has 0 radical (unpaired) electrons. The molecule has 0 saturated carbocycles. The van der Waals surface area contributed by atoms with Gasteiger partial charge in [-0.15, -0.1) is 11.8 Å². The van der Waals surface area contributed by atoms with E-state index >= 15 is 0 Å². The van der Waals surface area contributed by atoms with Gasteiger partial charge < -0.3 is 5.32 Å². The first kappa shape index (κ1) is 16.1. The molecule has 0 saturated heterocycles. The van der Waals surface area contributed by atoms with E-state index in [1.54, 1.807) is 0 Å². The fraction of sp³-hybridized carbons (Fsp3) is 0.600. The van der Waals surface area contributed by atoms with Crippen LogP contribution >= 0.6 is 27.7 Å². The molecule has 1 nitrogen and oxygen atoms in total. The molecule has 0 aromatic heterocycles. The molecule has 0 bridgehead atoms. The van der Waals surface area contributed by atoms with Gasteiger partial charge in [0.15, 0.2) is 0 Å². The Kier molecular flexibility index (Phi) is 6.22. The van der Waals surface area contributed by atoms with Gasteiger partial charge in [-0.2, -0.15) is 0 Å². The fourth-order valence-corrected chi connectivity index (χ4v) is 3.23. The predicted octanol–water partition coefficient (Wildman–Crippen LogP) is 4.95. The molecule has 0 heterocycles. The zero-order valence-electron chi connectivity index (χ0n) is 12.0. The standard InChI is InChI=1S/C15H24BrNS/c1-11(2)14(10-17-15(3,4)5)18-13-8-6-7-12(16)9-13/h6-9,11,14,17H,10H2,1-5H3. The topological polar surface area (TPSA) is 12.0 Å². The Labute approximate surface area is 124 Å².